The second-order valence-electron chi connectivity index (χ2n) is 13.2. The number of hydrogen-bond acceptors (Lipinski definition) is 5. The van der Waals surface area contributed by atoms with Gasteiger partial charge in [0.1, 0.15) is 17.9 Å². The molecule has 0 heterocycles. The van der Waals surface area contributed by atoms with Crippen LogP contribution in [0.5, 0.6) is 5.75 Å². The summed E-state index contributed by atoms with van der Waals surface area (Å²) >= 11 is 0. The fourth-order valence-electron chi connectivity index (χ4n) is 5.58. The number of fused-ring (bicyclic) bond motifs is 3. The van der Waals surface area contributed by atoms with Crippen LogP contribution in [0.15, 0.2) is 54.6 Å². The zero-order valence-corrected chi connectivity index (χ0v) is 26.4. The standard InChI is InChI=1S/C36H46O6/c1-34(2,3)24-9-12-27-28-13-10-25(35(4,5)6)23-31(28)36(7,30(27)22-24)26-11-14-32(29(21-26)33(37)38)42-20-19-41-18-17-40-16-15-39-8/h9-14,21-23H,15-20H2,1-8H3,(H,37,38). The number of carboxylic acid groups (broad SMARTS) is 1. The third-order valence-electron chi connectivity index (χ3n) is 8.22. The summed E-state index contributed by atoms with van der Waals surface area (Å²) in [6.07, 6.45) is 0. The molecule has 0 fully saturated rings. The first-order valence-corrected chi connectivity index (χ1v) is 14.7. The molecule has 0 amide bonds. The lowest BCUT2D eigenvalue weighted by Crippen LogP contribution is -2.25. The summed E-state index contributed by atoms with van der Waals surface area (Å²) in [5, 5.41) is 10.2. The van der Waals surface area contributed by atoms with E-state index in [9.17, 15) is 9.90 Å². The SMILES string of the molecule is COCCOCCOCCOc1ccc(C2(C)c3cc(C(C)(C)C)ccc3-c3ccc(C(C)(C)C)cc32)cc1C(=O)O. The number of methoxy groups -OCH3 is 1. The van der Waals surface area contributed by atoms with Crippen molar-refractivity contribution in [1.82, 2.24) is 0 Å². The Morgan fingerprint density at radius 1 is 0.714 bits per heavy atom. The van der Waals surface area contributed by atoms with Crippen molar-refractivity contribution in [2.45, 2.75) is 64.7 Å². The molecule has 3 aromatic rings. The number of rotatable bonds is 12. The second-order valence-corrected chi connectivity index (χ2v) is 13.2. The summed E-state index contributed by atoms with van der Waals surface area (Å²) in [7, 11) is 1.63. The molecule has 4 rings (SSSR count). The molecule has 42 heavy (non-hydrogen) atoms. The van der Waals surface area contributed by atoms with Crippen molar-refractivity contribution in [2.75, 3.05) is 46.8 Å². The second kappa shape index (κ2) is 12.6. The van der Waals surface area contributed by atoms with E-state index in [0.29, 0.717) is 38.8 Å². The number of ether oxygens (including phenoxy) is 4. The number of carboxylic acids is 1. The molecule has 1 aliphatic rings. The van der Waals surface area contributed by atoms with Gasteiger partial charge >= 0.3 is 5.97 Å². The average molecular weight is 575 g/mol. The van der Waals surface area contributed by atoms with Crippen molar-refractivity contribution >= 4 is 5.97 Å². The fourth-order valence-corrected chi connectivity index (χ4v) is 5.58. The molecular formula is C36H46O6. The monoisotopic (exact) mass is 574 g/mol. The first kappa shape index (κ1) is 31.7. The van der Waals surface area contributed by atoms with Gasteiger partial charge in [0.2, 0.25) is 0 Å². The summed E-state index contributed by atoms with van der Waals surface area (Å²) in [6.45, 7) is 18.1. The largest absolute Gasteiger partial charge is 0.490 e. The first-order valence-electron chi connectivity index (χ1n) is 14.7. The maximum Gasteiger partial charge on any atom is 0.339 e. The van der Waals surface area contributed by atoms with Gasteiger partial charge in [0.25, 0.3) is 0 Å². The predicted octanol–water partition coefficient (Wildman–Crippen LogP) is 7.37. The molecule has 0 aromatic heterocycles. The maximum absolute atomic E-state index is 12.5. The topological polar surface area (TPSA) is 74.2 Å². The Morgan fingerprint density at radius 2 is 1.21 bits per heavy atom. The van der Waals surface area contributed by atoms with Crippen LogP contribution in [0.25, 0.3) is 11.1 Å². The summed E-state index contributed by atoms with van der Waals surface area (Å²) in [6, 6.07) is 19.1. The molecule has 0 unspecified atom stereocenters. The van der Waals surface area contributed by atoms with Gasteiger partial charge in [-0.05, 0) is 68.8 Å². The van der Waals surface area contributed by atoms with Crippen molar-refractivity contribution < 1.29 is 28.8 Å². The van der Waals surface area contributed by atoms with Crippen molar-refractivity contribution in [3.05, 3.63) is 88.0 Å². The van der Waals surface area contributed by atoms with E-state index in [1.54, 1.807) is 19.2 Å². The zero-order valence-electron chi connectivity index (χ0n) is 26.4. The van der Waals surface area contributed by atoms with Gasteiger partial charge in [0, 0.05) is 12.5 Å². The molecule has 1 N–H and O–H groups in total. The van der Waals surface area contributed by atoms with E-state index in [2.05, 4.69) is 84.9 Å². The number of benzene rings is 3. The summed E-state index contributed by atoms with van der Waals surface area (Å²) in [5.74, 6) is -0.687. The average Bonchev–Trinajstić information content (AvgIpc) is 3.19. The van der Waals surface area contributed by atoms with Crippen LogP contribution >= 0.6 is 0 Å². The van der Waals surface area contributed by atoms with Gasteiger partial charge in [-0.1, -0.05) is 84.0 Å². The Labute approximate surface area is 251 Å². The molecule has 0 bridgehead atoms. The van der Waals surface area contributed by atoms with Gasteiger partial charge in [-0.3, -0.25) is 0 Å². The minimum atomic E-state index is -1.02. The van der Waals surface area contributed by atoms with Crippen LogP contribution in [0.2, 0.25) is 0 Å². The highest BCUT2D eigenvalue weighted by molar-refractivity contribution is 5.92. The van der Waals surface area contributed by atoms with Gasteiger partial charge in [0.05, 0.1) is 33.0 Å². The maximum atomic E-state index is 12.5. The van der Waals surface area contributed by atoms with Crippen molar-refractivity contribution in [3.63, 3.8) is 0 Å². The van der Waals surface area contributed by atoms with Crippen LogP contribution in [-0.2, 0) is 30.5 Å². The molecule has 6 nitrogen and oxygen atoms in total. The van der Waals surface area contributed by atoms with Crippen molar-refractivity contribution in [3.8, 4) is 16.9 Å². The van der Waals surface area contributed by atoms with Gasteiger partial charge < -0.3 is 24.1 Å². The molecule has 0 saturated heterocycles. The Hall–Kier alpha value is -3.19. The van der Waals surface area contributed by atoms with Crippen molar-refractivity contribution in [1.29, 1.82) is 0 Å². The summed E-state index contributed by atoms with van der Waals surface area (Å²) in [4.78, 5) is 12.5. The molecule has 0 atom stereocenters. The van der Waals surface area contributed by atoms with Crippen LogP contribution in [0.3, 0.4) is 0 Å². The van der Waals surface area contributed by atoms with E-state index in [0.717, 1.165) is 5.56 Å². The van der Waals surface area contributed by atoms with E-state index >= 15 is 0 Å². The normalized spacial score (nSPS) is 14.0. The number of aromatic carboxylic acids is 1. The smallest absolute Gasteiger partial charge is 0.339 e. The third-order valence-corrected chi connectivity index (χ3v) is 8.22. The lowest BCUT2D eigenvalue weighted by molar-refractivity contribution is 0.0178. The molecule has 0 spiro atoms. The molecule has 0 radical (unpaired) electrons. The Morgan fingerprint density at radius 3 is 1.69 bits per heavy atom. The summed E-state index contributed by atoms with van der Waals surface area (Å²) < 4.78 is 21.8. The van der Waals surface area contributed by atoms with Crippen LogP contribution < -0.4 is 4.74 Å². The minimum Gasteiger partial charge on any atom is -0.490 e. The minimum absolute atomic E-state index is 0.0245. The molecule has 1 aliphatic carbocycles. The fraction of sp³-hybridized carbons (Fsp3) is 0.472. The highest BCUT2D eigenvalue weighted by Crippen LogP contribution is 2.54. The van der Waals surface area contributed by atoms with E-state index in [4.69, 9.17) is 18.9 Å². The number of hydrogen-bond donors (Lipinski definition) is 1. The van der Waals surface area contributed by atoms with Gasteiger partial charge in [-0.15, -0.1) is 0 Å². The van der Waals surface area contributed by atoms with Crippen LogP contribution in [0.4, 0.5) is 0 Å². The molecule has 0 saturated carbocycles. The first-order chi connectivity index (χ1) is 19.8. The third kappa shape index (κ3) is 6.56. The van der Waals surface area contributed by atoms with Crippen LogP contribution in [0, 0.1) is 0 Å². The van der Waals surface area contributed by atoms with Crippen LogP contribution in [-0.4, -0.2) is 57.8 Å². The summed E-state index contributed by atoms with van der Waals surface area (Å²) in [5.41, 5.74) is 7.76. The highest BCUT2D eigenvalue weighted by atomic mass is 16.6. The molecule has 6 heteroatoms. The number of carbonyl (C=O) groups is 1. The quantitative estimate of drug-likeness (QED) is 0.228. The van der Waals surface area contributed by atoms with Gasteiger partial charge in [-0.2, -0.15) is 0 Å². The molecule has 226 valence electrons. The molecule has 0 aliphatic heterocycles. The molecule has 3 aromatic carbocycles. The van der Waals surface area contributed by atoms with E-state index in [1.807, 2.05) is 6.07 Å². The Bertz CT molecular complexity index is 1350. The van der Waals surface area contributed by atoms with E-state index in [-0.39, 0.29) is 23.0 Å². The Balaban J connectivity index is 1.68. The van der Waals surface area contributed by atoms with Crippen LogP contribution in [0.1, 0.15) is 86.6 Å². The highest BCUT2D eigenvalue weighted by Gasteiger charge is 2.42. The van der Waals surface area contributed by atoms with E-state index in [1.165, 1.54) is 33.4 Å². The van der Waals surface area contributed by atoms with E-state index < -0.39 is 11.4 Å². The van der Waals surface area contributed by atoms with Gasteiger partial charge in [-0.25, -0.2) is 4.79 Å². The lowest BCUT2D eigenvalue weighted by atomic mass is 9.71. The molecular weight excluding hydrogens is 528 g/mol. The van der Waals surface area contributed by atoms with Crippen molar-refractivity contribution in [2.24, 2.45) is 0 Å². The lowest BCUT2D eigenvalue weighted by Gasteiger charge is -2.31. The van der Waals surface area contributed by atoms with Gasteiger partial charge in [0.15, 0.2) is 0 Å². The zero-order chi connectivity index (χ0) is 30.7. The predicted molar refractivity (Wildman–Crippen MR) is 167 cm³/mol. The Kier molecular flexibility index (Phi) is 9.51.